The van der Waals surface area contributed by atoms with Crippen molar-refractivity contribution >= 4 is 33.2 Å². The van der Waals surface area contributed by atoms with Crippen LogP contribution in [0.4, 0.5) is 5.69 Å². The maximum absolute atomic E-state index is 6.31. The standard InChI is InChI=1S/C17H19BrClNO2/c1-3-21-16-10-12(9-15(19)17(16)22-4-2)11-20-14-7-5-13(18)6-8-14/h5-10,20H,3-4,11H2,1-2H3. The van der Waals surface area contributed by atoms with E-state index in [9.17, 15) is 0 Å². The summed E-state index contributed by atoms with van der Waals surface area (Å²) in [6.45, 7) is 5.65. The smallest absolute Gasteiger partial charge is 0.179 e. The summed E-state index contributed by atoms with van der Waals surface area (Å²) in [5.41, 5.74) is 2.09. The highest BCUT2D eigenvalue weighted by Crippen LogP contribution is 2.36. The molecule has 0 fully saturated rings. The van der Waals surface area contributed by atoms with E-state index in [4.69, 9.17) is 21.1 Å². The second-order valence-corrected chi connectivity index (χ2v) is 5.95. The van der Waals surface area contributed by atoms with E-state index in [1.54, 1.807) is 0 Å². The summed E-state index contributed by atoms with van der Waals surface area (Å²) in [5.74, 6) is 1.29. The van der Waals surface area contributed by atoms with Crippen molar-refractivity contribution in [3.8, 4) is 11.5 Å². The molecule has 5 heteroatoms. The monoisotopic (exact) mass is 383 g/mol. The van der Waals surface area contributed by atoms with E-state index in [-0.39, 0.29) is 0 Å². The Morgan fingerprint density at radius 2 is 1.73 bits per heavy atom. The predicted molar refractivity (Wildman–Crippen MR) is 95.3 cm³/mol. The zero-order valence-electron chi connectivity index (χ0n) is 12.7. The lowest BCUT2D eigenvalue weighted by atomic mass is 10.2. The minimum Gasteiger partial charge on any atom is -0.490 e. The molecule has 1 N–H and O–H groups in total. The largest absolute Gasteiger partial charge is 0.490 e. The van der Waals surface area contributed by atoms with Crippen LogP contribution in [0.5, 0.6) is 11.5 Å². The Balaban J connectivity index is 2.15. The van der Waals surface area contributed by atoms with Crippen molar-refractivity contribution in [3.63, 3.8) is 0 Å². The van der Waals surface area contributed by atoms with Gasteiger partial charge >= 0.3 is 0 Å². The van der Waals surface area contributed by atoms with Gasteiger partial charge in [0.25, 0.3) is 0 Å². The van der Waals surface area contributed by atoms with Crippen molar-refractivity contribution in [2.75, 3.05) is 18.5 Å². The van der Waals surface area contributed by atoms with E-state index in [0.29, 0.717) is 36.3 Å². The van der Waals surface area contributed by atoms with E-state index < -0.39 is 0 Å². The number of benzene rings is 2. The van der Waals surface area contributed by atoms with Gasteiger partial charge in [-0.2, -0.15) is 0 Å². The molecule has 0 atom stereocenters. The highest BCUT2D eigenvalue weighted by molar-refractivity contribution is 9.10. The Kier molecular flexibility index (Phi) is 6.40. The number of halogens is 2. The predicted octanol–water partition coefficient (Wildman–Crippen LogP) is 5.51. The van der Waals surface area contributed by atoms with E-state index in [1.165, 1.54) is 0 Å². The first-order chi connectivity index (χ1) is 10.6. The zero-order chi connectivity index (χ0) is 15.9. The molecule has 0 aromatic heterocycles. The average molecular weight is 385 g/mol. The lowest BCUT2D eigenvalue weighted by molar-refractivity contribution is 0.287. The van der Waals surface area contributed by atoms with Crippen molar-refractivity contribution < 1.29 is 9.47 Å². The summed E-state index contributed by atoms with van der Waals surface area (Å²) < 4.78 is 12.3. The number of rotatable bonds is 7. The van der Waals surface area contributed by atoms with E-state index >= 15 is 0 Å². The third-order valence-corrected chi connectivity index (χ3v) is 3.81. The molecular formula is C17H19BrClNO2. The first-order valence-corrected chi connectivity index (χ1v) is 8.38. The highest BCUT2D eigenvalue weighted by Gasteiger charge is 2.12. The van der Waals surface area contributed by atoms with Crippen LogP contribution >= 0.6 is 27.5 Å². The van der Waals surface area contributed by atoms with E-state index in [0.717, 1.165) is 15.7 Å². The number of ether oxygens (including phenoxy) is 2. The maximum Gasteiger partial charge on any atom is 0.179 e. The molecule has 0 aliphatic heterocycles. The molecule has 0 aliphatic carbocycles. The van der Waals surface area contributed by atoms with Crippen LogP contribution in [0, 0.1) is 0 Å². The molecule has 0 spiro atoms. The molecule has 2 aromatic carbocycles. The minimum absolute atomic E-state index is 0.552. The van der Waals surface area contributed by atoms with Gasteiger partial charge in [0.15, 0.2) is 11.5 Å². The van der Waals surface area contributed by atoms with Crippen molar-refractivity contribution in [1.82, 2.24) is 0 Å². The fourth-order valence-electron chi connectivity index (χ4n) is 2.04. The lowest BCUT2D eigenvalue weighted by Crippen LogP contribution is -2.03. The van der Waals surface area contributed by atoms with Crippen LogP contribution in [0.3, 0.4) is 0 Å². The second-order valence-electron chi connectivity index (χ2n) is 4.63. The van der Waals surface area contributed by atoms with Crippen LogP contribution in [0.1, 0.15) is 19.4 Å². The molecular weight excluding hydrogens is 366 g/mol. The van der Waals surface area contributed by atoms with Crippen molar-refractivity contribution in [2.45, 2.75) is 20.4 Å². The Bertz CT molecular complexity index is 617. The molecule has 118 valence electrons. The zero-order valence-corrected chi connectivity index (χ0v) is 15.0. The first kappa shape index (κ1) is 17.0. The van der Waals surface area contributed by atoms with Gasteiger partial charge in [0.05, 0.1) is 18.2 Å². The van der Waals surface area contributed by atoms with Gasteiger partial charge in [0.1, 0.15) is 0 Å². The van der Waals surface area contributed by atoms with Gasteiger partial charge in [-0.1, -0.05) is 27.5 Å². The summed E-state index contributed by atoms with van der Waals surface area (Å²) >= 11 is 9.74. The molecule has 2 aromatic rings. The van der Waals surface area contributed by atoms with Crippen molar-refractivity contribution in [1.29, 1.82) is 0 Å². The van der Waals surface area contributed by atoms with Gasteiger partial charge in [-0.3, -0.25) is 0 Å². The van der Waals surface area contributed by atoms with Crippen LogP contribution in [0.25, 0.3) is 0 Å². The summed E-state index contributed by atoms with van der Waals surface area (Å²) in [4.78, 5) is 0. The summed E-state index contributed by atoms with van der Waals surface area (Å²) in [5, 5.41) is 3.93. The number of hydrogen-bond acceptors (Lipinski definition) is 3. The topological polar surface area (TPSA) is 30.5 Å². The van der Waals surface area contributed by atoms with Crippen LogP contribution in [0.2, 0.25) is 5.02 Å². The van der Waals surface area contributed by atoms with Gasteiger partial charge in [-0.25, -0.2) is 0 Å². The first-order valence-electron chi connectivity index (χ1n) is 7.21. The quantitative estimate of drug-likeness (QED) is 0.682. The second kappa shape index (κ2) is 8.30. The SMILES string of the molecule is CCOc1cc(CNc2ccc(Br)cc2)cc(Cl)c1OCC. The van der Waals surface area contributed by atoms with Crippen molar-refractivity contribution in [2.24, 2.45) is 0 Å². The van der Waals surface area contributed by atoms with Gasteiger partial charge < -0.3 is 14.8 Å². The molecule has 0 saturated heterocycles. The number of hydrogen-bond donors (Lipinski definition) is 1. The lowest BCUT2D eigenvalue weighted by Gasteiger charge is -2.15. The Morgan fingerprint density at radius 1 is 1.05 bits per heavy atom. The molecule has 0 heterocycles. The van der Waals surface area contributed by atoms with E-state index in [1.807, 2.05) is 50.2 Å². The fraction of sp³-hybridized carbons (Fsp3) is 0.294. The van der Waals surface area contributed by atoms with Crippen LogP contribution in [-0.4, -0.2) is 13.2 Å². The molecule has 0 saturated carbocycles. The van der Waals surface area contributed by atoms with Gasteiger partial charge in [0.2, 0.25) is 0 Å². The molecule has 0 amide bonds. The number of anilines is 1. The van der Waals surface area contributed by atoms with Gasteiger partial charge in [-0.05, 0) is 55.8 Å². The molecule has 2 rings (SSSR count). The molecule has 0 unspecified atom stereocenters. The molecule has 22 heavy (non-hydrogen) atoms. The molecule has 3 nitrogen and oxygen atoms in total. The van der Waals surface area contributed by atoms with Crippen molar-refractivity contribution in [3.05, 3.63) is 51.5 Å². The third kappa shape index (κ3) is 4.55. The van der Waals surface area contributed by atoms with E-state index in [2.05, 4.69) is 21.2 Å². The molecule has 0 radical (unpaired) electrons. The van der Waals surface area contributed by atoms with Gasteiger partial charge in [0, 0.05) is 16.7 Å². The summed E-state index contributed by atoms with van der Waals surface area (Å²) in [7, 11) is 0. The Morgan fingerprint density at radius 3 is 2.36 bits per heavy atom. The maximum atomic E-state index is 6.31. The minimum atomic E-state index is 0.552. The Hall–Kier alpha value is -1.39. The summed E-state index contributed by atoms with van der Waals surface area (Å²) in [6.07, 6.45) is 0. The molecule has 0 aliphatic rings. The highest BCUT2D eigenvalue weighted by atomic mass is 79.9. The number of nitrogens with one attached hydrogen (secondary N) is 1. The fourth-order valence-corrected chi connectivity index (χ4v) is 2.59. The van der Waals surface area contributed by atoms with Crippen LogP contribution < -0.4 is 14.8 Å². The summed E-state index contributed by atoms with van der Waals surface area (Å²) in [6, 6.07) is 11.9. The van der Waals surface area contributed by atoms with Gasteiger partial charge in [-0.15, -0.1) is 0 Å². The Labute approximate surface area is 144 Å². The molecule has 0 bridgehead atoms. The van der Waals surface area contributed by atoms with Crippen LogP contribution in [0.15, 0.2) is 40.9 Å². The normalized spacial score (nSPS) is 10.4. The third-order valence-electron chi connectivity index (χ3n) is 3.00. The average Bonchev–Trinajstić information content (AvgIpc) is 2.50. The van der Waals surface area contributed by atoms with Crippen LogP contribution in [-0.2, 0) is 6.54 Å².